The monoisotopic (exact) mass is 285 g/mol. The molecule has 0 aromatic carbocycles. The van der Waals surface area contributed by atoms with Crippen molar-refractivity contribution in [2.45, 2.75) is 45.2 Å². The summed E-state index contributed by atoms with van der Waals surface area (Å²) in [6, 6.07) is -0.558. The molecule has 0 aromatic rings. The molecule has 2 amide bonds. The van der Waals surface area contributed by atoms with Crippen LogP contribution in [0.5, 0.6) is 0 Å². The predicted molar refractivity (Wildman–Crippen MR) is 77.7 cm³/mol. The van der Waals surface area contributed by atoms with Crippen molar-refractivity contribution in [1.29, 1.82) is 0 Å². The lowest BCUT2D eigenvalue weighted by Gasteiger charge is -2.36. The maximum absolute atomic E-state index is 12.1. The summed E-state index contributed by atoms with van der Waals surface area (Å²) in [5, 5.41) is 11.9. The number of urea groups is 1. The molecule has 116 valence electrons. The zero-order valence-electron chi connectivity index (χ0n) is 12.9. The van der Waals surface area contributed by atoms with E-state index < -0.39 is 12.0 Å². The van der Waals surface area contributed by atoms with Crippen LogP contribution in [0.4, 0.5) is 4.79 Å². The van der Waals surface area contributed by atoms with Crippen molar-refractivity contribution >= 4 is 12.0 Å². The normalized spacial score (nSPS) is 19.8. The number of likely N-dealkylation sites (tertiary alicyclic amines) is 1. The molecule has 0 bridgehead atoms. The van der Waals surface area contributed by atoms with E-state index in [0.717, 1.165) is 19.3 Å². The van der Waals surface area contributed by atoms with Crippen molar-refractivity contribution < 1.29 is 14.7 Å². The molecular formula is C14H27N3O3. The third-order valence-electron chi connectivity index (χ3n) is 4.24. The fraction of sp³-hybridized carbons (Fsp3) is 0.857. The van der Waals surface area contributed by atoms with E-state index in [-0.39, 0.29) is 11.9 Å². The van der Waals surface area contributed by atoms with Crippen LogP contribution in [0.2, 0.25) is 0 Å². The van der Waals surface area contributed by atoms with E-state index in [2.05, 4.69) is 10.2 Å². The number of hydrogen-bond acceptors (Lipinski definition) is 3. The van der Waals surface area contributed by atoms with E-state index in [1.165, 1.54) is 0 Å². The molecule has 2 N–H and O–H groups in total. The molecule has 1 heterocycles. The zero-order valence-corrected chi connectivity index (χ0v) is 12.9. The van der Waals surface area contributed by atoms with Crippen molar-refractivity contribution in [2.75, 3.05) is 27.2 Å². The van der Waals surface area contributed by atoms with Crippen LogP contribution in [0.25, 0.3) is 0 Å². The molecule has 6 heteroatoms. The fourth-order valence-electron chi connectivity index (χ4n) is 2.49. The van der Waals surface area contributed by atoms with E-state index in [1.54, 1.807) is 4.90 Å². The quantitative estimate of drug-likeness (QED) is 0.796. The molecule has 1 aliphatic heterocycles. The molecule has 1 saturated heterocycles. The van der Waals surface area contributed by atoms with Crippen LogP contribution in [0.3, 0.4) is 0 Å². The second kappa shape index (κ2) is 7.47. The van der Waals surface area contributed by atoms with Gasteiger partial charge in [0.05, 0.1) is 0 Å². The number of carboxylic acid groups (broad SMARTS) is 1. The lowest BCUT2D eigenvalue weighted by Crippen LogP contribution is -2.53. The van der Waals surface area contributed by atoms with Crippen LogP contribution in [-0.4, -0.2) is 66.2 Å². The van der Waals surface area contributed by atoms with Crippen LogP contribution < -0.4 is 5.32 Å². The summed E-state index contributed by atoms with van der Waals surface area (Å²) in [7, 11) is 4.09. The molecule has 0 aromatic heterocycles. The molecule has 20 heavy (non-hydrogen) atoms. The Morgan fingerprint density at radius 3 is 2.30 bits per heavy atom. The first-order valence-corrected chi connectivity index (χ1v) is 7.31. The van der Waals surface area contributed by atoms with Crippen molar-refractivity contribution in [3.05, 3.63) is 0 Å². The van der Waals surface area contributed by atoms with Crippen molar-refractivity contribution in [1.82, 2.24) is 15.1 Å². The number of piperidine rings is 1. The van der Waals surface area contributed by atoms with Crippen molar-refractivity contribution in [3.63, 3.8) is 0 Å². The molecule has 0 radical (unpaired) electrons. The maximum Gasteiger partial charge on any atom is 0.326 e. The van der Waals surface area contributed by atoms with Gasteiger partial charge in [-0.15, -0.1) is 0 Å². The van der Waals surface area contributed by atoms with E-state index in [1.807, 2.05) is 27.9 Å². The molecule has 1 aliphatic rings. The van der Waals surface area contributed by atoms with Gasteiger partial charge < -0.3 is 20.2 Å². The lowest BCUT2D eigenvalue weighted by molar-refractivity contribution is -0.140. The number of hydrogen-bond donors (Lipinski definition) is 2. The minimum atomic E-state index is -0.962. The van der Waals surface area contributed by atoms with E-state index >= 15 is 0 Å². The number of rotatable bonds is 5. The highest BCUT2D eigenvalue weighted by molar-refractivity contribution is 5.82. The molecule has 2 atom stereocenters. The van der Waals surface area contributed by atoms with Gasteiger partial charge in [-0.2, -0.15) is 0 Å². The fourth-order valence-corrected chi connectivity index (χ4v) is 2.49. The second-order valence-corrected chi connectivity index (χ2v) is 5.83. The Hall–Kier alpha value is -1.30. The summed E-state index contributed by atoms with van der Waals surface area (Å²) in [5.41, 5.74) is 0. The summed E-state index contributed by atoms with van der Waals surface area (Å²) in [4.78, 5) is 27.3. The molecular weight excluding hydrogens is 258 g/mol. The Balaban J connectivity index is 2.52. The van der Waals surface area contributed by atoms with Crippen LogP contribution in [0.1, 0.15) is 33.1 Å². The summed E-state index contributed by atoms with van der Waals surface area (Å²) >= 11 is 0. The number of carbonyl (C=O) groups is 2. The maximum atomic E-state index is 12.1. The summed E-state index contributed by atoms with van der Waals surface area (Å²) in [6.07, 6.45) is 2.59. The number of amides is 2. The highest BCUT2D eigenvalue weighted by Crippen LogP contribution is 2.15. The third kappa shape index (κ3) is 4.37. The van der Waals surface area contributed by atoms with E-state index in [9.17, 15) is 14.7 Å². The highest BCUT2D eigenvalue weighted by Gasteiger charge is 2.29. The van der Waals surface area contributed by atoms with Crippen LogP contribution in [-0.2, 0) is 4.79 Å². The summed E-state index contributed by atoms with van der Waals surface area (Å²) in [5.74, 6) is -1.04. The Morgan fingerprint density at radius 2 is 1.90 bits per heavy atom. The minimum absolute atomic E-state index is 0.0734. The molecule has 0 spiro atoms. The summed E-state index contributed by atoms with van der Waals surface area (Å²) in [6.45, 7) is 5.13. The average Bonchev–Trinajstić information content (AvgIpc) is 2.43. The standard InChI is InChI=1S/C14H27N3O3/c1-5-10(2)12(13(18)19)15-14(20)17-8-6-11(7-9-17)16(3)4/h10-12H,5-9H2,1-4H3,(H,15,20)(H,18,19)/t10?,12-/m0/s1. The Bertz CT molecular complexity index is 339. The largest absolute Gasteiger partial charge is 0.480 e. The molecule has 6 nitrogen and oxygen atoms in total. The van der Waals surface area contributed by atoms with Crippen molar-refractivity contribution in [3.8, 4) is 0 Å². The van der Waals surface area contributed by atoms with Crippen LogP contribution in [0, 0.1) is 5.92 Å². The predicted octanol–water partition coefficient (Wildman–Crippen LogP) is 1.22. The van der Waals surface area contributed by atoms with Gasteiger partial charge in [-0.3, -0.25) is 0 Å². The van der Waals surface area contributed by atoms with Gasteiger partial charge in [-0.25, -0.2) is 9.59 Å². The van der Waals surface area contributed by atoms with Crippen LogP contribution in [0.15, 0.2) is 0 Å². The first-order chi connectivity index (χ1) is 9.36. The Kier molecular flexibility index (Phi) is 6.26. The molecule has 1 fully saturated rings. The number of carbonyl (C=O) groups excluding carboxylic acids is 1. The number of nitrogens with zero attached hydrogens (tertiary/aromatic N) is 2. The van der Waals surface area contributed by atoms with Gasteiger partial charge in [-0.1, -0.05) is 20.3 Å². The smallest absolute Gasteiger partial charge is 0.326 e. The van der Waals surface area contributed by atoms with Gasteiger partial charge in [0, 0.05) is 19.1 Å². The van der Waals surface area contributed by atoms with Gasteiger partial charge in [0.2, 0.25) is 0 Å². The zero-order chi connectivity index (χ0) is 15.3. The number of nitrogens with one attached hydrogen (secondary N) is 1. The van der Waals surface area contributed by atoms with Gasteiger partial charge >= 0.3 is 12.0 Å². The topological polar surface area (TPSA) is 72.9 Å². The molecule has 1 unspecified atom stereocenters. The highest BCUT2D eigenvalue weighted by atomic mass is 16.4. The Labute approximate surface area is 121 Å². The van der Waals surface area contributed by atoms with Gasteiger partial charge in [0.1, 0.15) is 6.04 Å². The lowest BCUT2D eigenvalue weighted by atomic mass is 9.99. The van der Waals surface area contributed by atoms with Gasteiger partial charge in [-0.05, 0) is 32.9 Å². The number of carboxylic acids is 1. The van der Waals surface area contributed by atoms with E-state index in [0.29, 0.717) is 19.1 Å². The molecule has 0 aliphatic carbocycles. The van der Waals surface area contributed by atoms with Crippen molar-refractivity contribution in [2.24, 2.45) is 5.92 Å². The van der Waals surface area contributed by atoms with E-state index in [4.69, 9.17) is 0 Å². The van der Waals surface area contributed by atoms with Gasteiger partial charge in [0.15, 0.2) is 0 Å². The number of aliphatic carboxylic acids is 1. The SMILES string of the molecule is CCC(C)[C@H](NC(=O)N1CCC(N(C)C)CC1)C(=O)O. The molecule has 0 saturated carbocycles. The average molecular weight is 285 g/mol. The third-order valence-corrected chi connectivity index (χ3v) is 4.24. The minimum Gasteiger partial charge on any atom is -0.480 e. The van der Waals surface area contributed by atoms with Gasteiger partial charge in [0.25, 0.3) is 0 Å². The first kappa shape index (κ1) is 16.8. The molecule has 1 rings (SSSR count). The summed E-state index contributed by atoms with van der Waals surface area (Å²) < 4.78 is 0. The Morgan fingerprint density at radius 1 is 1.35 bits per heavy atom. The van der Waals surface area contributed by atoms with Crippen LogP contribution >= 0.6 is 0 Å². The second-order valence-electron chi connectivity index (χ2n) is 5.83. The first-order valence-electron chi connectivity index (χ1n) is 7.31.